The Labute approximate surface area is 113 Å². The van der Waals surface area contributed by atoms with Crippen LogP contribution in [0.1, 0.15) is 42.1 Å². The minimum absolute atomic E-state index is 0.129. The number of benzene rings is 1. The van der Waals surface area contributed by atoms with Crippen LogP contribution in [0.4, 0.5) is 5.69 Å². The van der Waals surface area contributed by atoms with Crippen LogP contribution in [0.5, 0.6) is 0 Å². The molecule has 1 aromatic carbocycles. The van der Waals surface area contributed by atoms with Gasteiger partial charge in [-0.05, 0) is 49.9 Å². The smallest absolute Gasteiger partial charge is 0.159 e. The van der Waals surface area contributed by atoms with Gasteiger partial charge in [-0.15, -0.1) is 0 Å². The quantitative estimate of drug-likeness (QED) is 0.776. The second kappa shape index (κ2) is 4.38. The zero-order valence-corrected chi connectivity index (χ0v) is 11.3. The Morgan fingerprint density at radius 3 is 2.89 bits per heavy atom. The Morgan fingerprint density at radius 2 is 2.26 bits per heavy atom. The molecule has 1 aliphatic heterocycles. The van der Waals surface area contributed by atoms with Crippen molar-refractivity contribution in [1.82, 2.24) is 0 Å². The van der Waals surface area contributed by atoms with Gasteiger partial charge < -0.3 is 4.90 Å². The molecule has 0 atom stereocenters. The van der Waals surface area contributed by atoms with Crippen molar-refractivity contribution in [3.05, 3.63) is 29.3 Å². The largest absolute Gasteiger partial charge is 0.370 e. The summed E-state index contributed by atoms with van der Waals surface area (Å²) < 4.78 is 0. The molecule has 3 rings (SSSR count). The number of nitriles is 1. The van der Waals surface area contributed by atoms with E-state index in [1.807, 2.05) is 12.1 Å². The number of hydrogen-bond acceptors (Lipinski definition) is 3. The Morgan fingerprint density at radius 1 is 1.47 bits per heavy atom. The third-order valence-electron chi connectivity index (χ3n) is 4.42. The molecule has 1 saturated carbocycles. The van der Waals surface area contributed by atoms with Crippen LogP contribution in [0, 0.1) is 16.7 Å². The fourth-order valence-corrected chi connectivity index (χ4v) is 2.99. The fourth-order valence-electron chi connectivity index (χ4n) is 2.99. The highest BCUT2D eigenvalue weighted by atomic mass is 16.1. The van der Waals surface area contributed by atoms with Gasteiger partial charge >= 0.3 is 0 Å². The molecule has 0 amide bonds. The third kappa shape index (κ3) is 2.23. The summed E-state index contributed by atoms with van der Waals surface area (Å²) in [5, 5.41) is 8.90. The van der Waals surface area contributed by atoms with Gasteiger partial charge in [0.25, 0.3) is 0 Å². The minimum Gasteiger partial charge on any atom is -0.370 e. The molecule has 0 aromatic heterocycles. The Kier molecular flexibility index (Phi) is 2.82. The van der Waals surface area contributed by atoms with Gasteiger partial charge in [-0.3, -0.25) is 4.79 Å². The number of Topliss-reactive ketones (excluding diaryl/α,β-unsaturated/α-hetero) is 1. The lowest BCUT2D eigenvalue weighted by atomic mass is 10.0. The zero-order valence-electron chi connectivity index (χ0n) is 11.3. The Hall–Kier alpha value is -1.82. The molecule has 0 unspecified atom stereocenters. The van der Waals surface area contributed by atoms with E-state index in [1.165, 1.54) is 24.1 Å². The lowest BCUT2D eigenvalue weighted by Crippen LogP contribution is -2.28. The Balaban J connectivity index is 1.79. The van der Waals surface area contributed by atoms with E-state index in [0.717, 1.165) is 25.1 Å². The van der Waals surface area contributed by atoms with E-state index in [1.54, 1.807) is 6.92 Å². The van der Waals surface area contributed by atoms with Crippen LogP contribution in [-0.4, -0.2) is 18.9 Å². The number of ketones is 1. The monoisotopic (exact) mass is 254 g/mol. The average Bonchev–Trinajstić information content (AvgIpc) is 3.02. The van der Waals surface area contributed by atoms with Gasteiger partial charge in [0.15, 0.2) is 5.78 Å². The molecule has 1 aromatic rings. The first-order valence-corrected chi connectivity index (χ1v) is 6.89. The zero-order chi connectivity index (χ0) is 13.5. The number of anilines is 1. The van der Waals surface area contributed by atoms with Gasteiger partial charge in [-0.1, -0.05) is 0 Å². The second-order valence-corrected chi connectivity index (χ2v) is 5.91. The van der Waals surface area contributed by atoms with E-state index in [0.29, 0.717) is 6.42 Å². The van der Waals surface area contributed by atoms with Gasteiger partial charge in [0, 0.05) is 36.2 Å². The van der Waals surface area contributed by atoms with Crippen molar-refractivity contribution >= 4 is 11.5 Å². The SMILES string of the molecule is CC(=O)c1ccc2c(c1)CCN2CC1(CC#N)CC1. The highest BCUT2D eigenvalue weighted by Crippen LogP contribution is 2.50. The summed E-state index contributed by atoms with van der Waals surface area (Å²) in [5.74, 6) is 0.129. The number of nitrogens with zero attached hydrogens (tertiary/aromatic N) is 2. The molecule has 1 aliphatic carbocycles. The van der Waals surface area contributed by atoms with Gasteiger partial charge in [0.05, 0.1) is 6.07 Å². The first-order valence-electron chi connectivity index (χ1n) is 6.89. The number of fused-ring (bicyclic) bond motifs is 1. The van der Waals surface area contributed by atoms with Crippen molar-refractivity contribution < 1.29 is 4.79 Å². The summed E-state index contributed by atoms with van der Waals surface area (Å²) in [4.78, 5) is 13.8. The van der Waals surface area contributed by atoms with Crippen LogP contribution in [0.3, 0.4) is 0 Å². The first-order chi connectivity index (χ1) is 9.13. The minimum atomic E-state index is 0.129. The summed E-state index contributed by atoms with van der Waals surface area (Å²) in [7, 11) is 0. The van der Waals surface area contributed by atoms with Crippen LogP contribution in [-0.2, 0) is 6.42 Å². The molecule has 1 fully saturated rings. The van der Waals surface area contributed by atoms with Gasteiger partial charge in [-0.2, -0.15) is 5.26 Å². The van der Waals surface area contributed by atoms with Crippen molar-refractivity contribution in [2.24, 2.45) is 5.41 Å². The maximum Gasteiger partial charge on any atom is 0.159 e. The maximum absolute atomic E-state index is 11.4. The van der Waals surface area contributed by atoms with Crippen LogP contribution in [0.15, 0.2) is 18.2 Å². The van der Waals surface area contributed by atoms with Crippen LogP contribution < -0.4 is 4.90 Å². The summed E-state index contributed by atoms with van der Waals surface area (Å²) in [6, 6.07) is 8.34. The van der Waals surface area contributed by atoms with Crippen molar-refractivity contribution in [3.8, 4) is 6.07 Å². The molecule has 0 saturated heterocycles. The Bertz CT molecular complexity index is 567. The first kappa shape index (κ1) is 12.2. The topological polar surface area (TPSA) is 44.1 Å². The van der Waals surface area contributed by atoms with E-state index in [2.05, 4.69) is 17.0 Å². The molecule has 19 heavy (non-hydrogen) atoms. The number of carbonyl (C=O) groups excluding carboxylic acids is 1. The number of hydrogen-bond donors (Lipinski definition) is 0. The third-order valence-corrected chi connectivity index (χ3v) is 4.42. The molecular formula is C16H18N2O. The molecule has 2 aliphatic rings. The van der Waals surface area contributed by atoms with Crippen LogP contribution in [0.25, 0.3) is 0 Å². The molecule has 0 N–H and O–H groups in total. The molecule has 0 spiro atoms. The average molecular weight is 254 g/mol. The lowest BCUT2D eigenvalue weighted by molar-refractivity contribution is 0.101. The molecule has 3 heteroatoms. The molecular weight excluding hydrogens is 236 g/mol. The molecule has 98 valence electrons. The van der Waals surface area contributed by atoms with Crippen molar-refractivity contribution in [3.63, 3.8) is 0 Å². The number of carbonyl (C=O) groups is 1. The summed E-state index contributed by atoms with van der Waals surface area (Å²) in [6.45, 7) is 3.62. The second-order valence-electron chi connectivity index (χ2n) is 5.91. The number of rotatable bonds is 4. The van der Waals surface area contributed by atoms with Crippen molar-refractivity contribution in [2.75, 3.05) is 18.0 Å². The summed E-state index contributed by atoms with van der Waals surface area (Å²) >= 11 is 0. The van der Waals surface area contributed by atoms with Crippen LogP contribution in [0.2, 0.25) is 0 Å². The van der Waals surface area contributed by atoms with E-state index in [4.69, 9.17) is 5.26 Å². The summed E-state index contributed by atoms with van der Waals surface area (Å²) in [5.41, 5.74) is 3.59. The standard InChI is InChI=1S/C16H18N2O/c1-12(19)13-2-3-15-14(10-13)4-9-18(15)11-16(5-6-16)7-8-17/h2-3,10H,4-7,9,11H2,1H3. The highest BCUT2D eigenvalue weighted by Gasteiger charge is 2.44. The van der Waals surface area contributed by atoms with Crippen molar-refractivity contribution in [2.45, 2.75) is 32.6 Å². The molecule has 0 bridgehead atoms. The molecule has 1 heterocycles. The molecule has 3 nitrogen and oxygen atoms in total. The van der Waals surface area contributed by atoms with E-state index in [-0.39, 0.29) is 11.2 Å². The fraction of sp³-hybridized carbons (Fsp3) is 0.500. The van der Waals surface area contributed by atoms with E-state index < -0.39 is 0 Å². The predicted octanol–water partition coefficient (Wildman–Crippen LogP) is 2.95. The molecule has 0 radical (unpaired) electrons. The van der Waals surface area contributed by atoms with E-state index in [9.17, 15) is 4.79 Å². The van der Waals surface area contributed by atoms with E-state index >= 15 is 0 Å². The summed E-state index contributed by atoms with van der Waals surface area (Å²) in [6.07, 6.45) is 4.04. The van der Waals surface area contributed by atoms with Gasteiger partial charge in [0.1, 0.15) is 0 Å². The van der Waals surface area contributed by atoms with Crippen LogP contribution >= 0.6 is 0 Å². The van der Waals surface area contributed by atoms with Crippen molar-refractivity contribution in [1.29, 1.82) is 5.26 Å². The predicted molar refractivity (Wildman–Crippen MR) is 74.3 cm³/mol. The highest BCUT2D eigenvalue weighted by molar-refractivity contribution is 5.94. The lowest BCUT2D eigenvalue weighted by Gasteiger charge is -2.24. The van der Waals surface area contributed by atoms with Gasteiger partial charge in [-0.25, -0.2) is 0 Å². The van der Waals surface area contributed by atoms with Gasteiger partial charge in [0.2, 0.25) is 0 Å². The normalized spacial score (nSPS) is 18.8. The maximum atomic E-state index is 11.4.